The van der Waals surface area contributed by atoms with Gasteiger partial charge in [0.15, 0.2) is 11.6 Å². The summed E-state index contributed by atoms with van der Waals surface area (Å²) < 4.78 is 26.7. The van der Waals surface area contributed by atoms with Crippen molar-refractivity contribution in [3.63, 3.8) is 0 Å². The van der Waals surface area contributed by atoms with Gasteiger partial charge in [-0.3, -0.25) is 4.79 Å². The molecule has 1 unspecified atom stereocenters. The van der Waals surface area contributed by atoms with E-state index >= 15 is 0 Å². The lowest BCUT2D eigenvalue weighted by Gasteiger charge is -2.25. The van der Waals surface area contributed by atoms with E-state index in [1.165, 1.54) is 0 Å². The Morgan fingerprint density at radius 2 is 1.76 bits per heavy atom. The number of nitrogens with one attached hydrogen (secondary N) is 1. The number of nitrogens with zero attached hydrogens (tertiary/aromatic N) is 1. The Balaban J connectivity index is 1.81. The normalized spacial score (nSPS) is 16.0. The second-order valence-corrected chi connectivity index (χ2v) is 6.60. The van der Waals surface area contributed by atoms with Gasteiger partial charge in [-0.2, -0.15) is 0 Å². The molecule has 1 N–H and O–H groups in total. The van der Waals surface area contributed by atoms with Crippen molar-refractivity contribution in [3.8, 4) is 0 Å². The van der Waals surface area contributed by atoms with Gasteiger partial charge in [0.05, 0.1) is 16.6 Å². The zero-order chi connectivity index (χ0) is 17.8. The van der Waals surface area contributed by atoms with Gasteiger partial charge in [-0.15, -0.1) is 0 Å². The molecule has 2 aromatic rings. The van der Waals surface area contributed by atoms with Crippen LogP contribution in [-0.2, 0) is 0 Å². The molecule has 0 bridgehead atoms. The third-order valence-electron chi connectivity index (χ3n) is 4.40. The number of benzene rings is 2. The molecule has 25 heavy (non-hydrogen) atoms. The van der Waals surface area contributed by atoms with E-state index in [0.29, 0.717) is 6.54 Å². The maximum absolute atomic E-state index is 13.5. The second-order valence-electron chi connectivity index (χ2n) is 6.19. The van der Waals surface area contributed by atoms with E-state index in [1.54, 1.807) is 0 Å². The summed E-state index contributed by atoms with van der Waals surface area (Å²) in [5.74, 6) is -2.68. The van der Waals surface area contributed by atoms with Crippen molar-refractivity contribution in [1.29, 1.82) is 0 Å². The Morgan fingerprint density at radius 1 is 1.12 bits per heavy atom. The Hall–Kier alpha value is -1.98. The molecule has 0 spiro atoms. The topological polar surface area (TPSA) is 32.3 Å². The molecule has 0 radical (unpaired) electrons. The molecular formula is C19H19ClF2N2O. The highest BCUT2D eigenvalue weighted by atomic mass is 35.5. The first-order valence-corrected chi connectivity index (χ1v) is 8.65. The summed E-state index contributed by atoms with van der Waals surface area (Å²) >= 11 is 5.92. The fraction of sp³-hybridized carbons (Fsp3) is 0.316. The number of amides is 1. The van der Waals surface area contributed by atoms with Crippen LogP contribution in [0.2, 0.25) is 5.02 Å². The summed E-state index contributed by atoms with van der Waals surface area (Å²) in [6, 6.07) is 11.0. The summed E-state index contributed by atoms with van der Waals surface area (Å²) in [6.45, 7) is 2.65. The molecule has 1 aliphatic rings. The third-order valence-corrected chi connectivity index (χ3v) is 4.71. The molecule has 3 nitrogen and oxygen atoms in total. The van der Waals surface area contributed by atoms with Crippen molar-refractivity contribution in [1.82, 2.24) is 10.2 Å². The van der Waals surface area contributed by atoms with Crippen LogP contribution in [0.1, 0.15) is 34.8 Å². The van der Waals surface area contributed by atoms with Gasteiger partial charge >= 0.3 is 0 Å². The third kappa shape index (κ3) is 4.35. The lowest BCUT2D eigenvalue weighted by atomic mass is 10.1. The molecule has 6 heteroatoms. The molecule has 0 aromatic heterocycles. The van der Waals surface area contributed by atoms with Gasteiger partial charge in [-0.25, -0.2) is 8.78 Å². The fourth-order valence-electron chi connectivity index (χ4n) is 3.08. The van der Waals surface area contributed by atoms with Crippen molar-refractivity contribution in [2.75, 3.05) is 19.6 Å². The smallest absolute Gasteiger partial charge is 0.253 e. The SMILES string of the molecule is O=C(NC(CN1CCCC1)c1ccccc1)c1cc(F)c(F)cc1Cl. The van der Waals surface area contributed by atoms with Gasteiger partial charge in [0.25, 0.3) is 5.91 Å². The zero-order valence-electron chi connectivity index (χ0n) is 13.6. The first-order chi connectivity index (χ1) is 12.0. The van der Waals surface area contributed by atoms with E-state index in [2.05, 4.69) is 10.2 Å². The van der Waals surface area contributed by atoms with Crippen LogP contribution in [0.25, 0.3) is 0 Å². The zero-order valence-corrected chi connectivity index (χ0v) is 14.4. The highest BCUT2D eigenvalue weighted by molar-refractivity contribution is 6.33. The van der Waals surface area contributed by atoms with Gasteiger partial charge < -0.3 is 10.2 Å². The number of likely N-dealkylation sites (tertiary alicyclic amines) is 1. The second kappa shape index (κ2) is 7.93. The Labute approximate surface area is 150 Å². The van der Waals surface area contributed by atoms with Crippen molar-refractivity contribution in [2.24, 2.45) is 0 Å². The van der Waals surface area contributed by atoms with E-state index in [0.717, 1.165) is 43.6 Å². The fourth-order valence-corrected chi connectivity index (χ4v) is 3.31. The van der Waals surface area contributed by atoms with Crippen LogP contribution in [0, 0.1) is 11.6 Å². The molecule has 2 aromatic carbocycles. The van der Waals surface area contributed by atoms with Crippen molar-refractivity contribution >= 4 is 17.5 Å². The number of hydrogen-bond donors (Lipinski definition) is 1. The number of carbonyl (C=O) groups excluding carboxylic acids is 1. The van der Waals surface area contributed by atoms with Crippen LogP contribution in [0.3, 0.4) is 0 Å². The first-order valence-electron chi connectivity index (χ1n) is 8.27. The highest BCUT2D eigenvalue weighted by Crippen LogP contribution is 2.22. The van der Waals surface area contributed by atoms with E-state index in [4.69, 9.17) is 11.6 Å². The van der Waals surface area contributed by atoms with Gasteiger partial charge in [0, 0.05) is 6.54 Å². The molecule has 132 valence electrons. The molecule has 1 saturated heterocycles. The molecule has 0 aliphatic carbocycles. The molecule has 3 rings (SSSR count). The Bertz CT molecular complexity index is 749. The molecule has 1 amide bonds. The monoisotopic (exact) mass is 364 g/mol. The minimum Gasteiger partial charge on any atom is -0.344 e. The van der Waals surface area contributed by atoms with E-state index in [1.807, 2.05) is 30.3 Å². The molecule has 1 aliphatic heterocycles. The summed E-state index contributed by atoms with van der Waals surface area (Å²) in [5.41, 5.74) is 0.893. The van der Waals surface area contributed by atoms with Crippen molar-refractivity contribution < 1.29 is 13.6 Å². The highest BCUT2D eigenvalue weighted by Gasteiger charge is 2.23. The van der Waals surface area contributed by atoms with Crippen LogP contribution in [0.5, 0.6) is 0 Å². The quantitative estimate of drug-likeness (QED) is 0.807. The molecular weight excluding hydrogens is 346 g/mol. The molecule has 0 saturated carbocycles. The van der Waals surface area contributed by atoms with Gasteiger partial charge in [-0.05, 0) is 43.6 Å². The largest absolute Gasteiger partial charge is 0.344 e. The predicted octanol–water partition coefficient (Wildman–Crippen LogP) is 4.19. The predicted molar refractivity (Wildman–Crippen MR) is 93.7 cm³/mol. The summed E-state index contributed by atoms with van der Waals surface area (Å²) in [7, 11) is 0. The lowest BCUT2D eigenvalue weighted by Crippen LogP contribution is -2.37. The Morgan fingerprint density at radius 3 is 2.44 bits per heavy atom. The van der Waals surface area contributed by atoms with Crippen molar-refractivity contribution in [3.05, 3.63) is 70.2 Å². The van der Waals surface area contributed by atoms with Crippen molar-refractivity contribution in [2.45, 2.75) is 18.9 Å². The molecule has 1 fully saturated rings. The van der Waals surface area contributed by atoms with Gasteiger partial charge in [0.1, 0.15) is 0 Å². The average molecular weight is 365 g/mol. The van der Waals surface area contributed by atoms with Crippen LogP contribution in [0.15, 0.2) is 42.5 Å². The number of rotatable bonds is 5. The first kappa shape index (κ1) is 17.8. The van der Waals surface area contributed by atoms with Crippen LogP contribution < -0.4 is 5.32 Å². The van der Waals surface area contributed by atoms with E-state index in [9.17, 15) is 13.6 Å². The number of hydrogen-bond acceptors (Lipinski definition) is 2. The van der Waals surface area contributed by atoms with Crippen LogP contribution in [-0.4, -0.2) is 30.4 Å². The lowest BCUT2D eigenvalue weighted by molar-refractivity contribution is 0.0927. The summed E-state index contributed by atoms with van der Waals surface area (Å²) in [4.78, 5) is 14.9. The van der Waals surface area contributed by atoms with E-state index in [-0.39, 0.29) is 16.6 Å². The number of carbonyl (C=O) groups is 1. The standard InChI is InChI=1S/C19H19ClF2N2O/c20-15-11-17(22)16(21)10-14(15)19(25)23-18(12-24-8-4-5-9-24)13-6-2-1-3-7-13/h1-3,6-7,10-11,18H,4-5,8-9,12H2,(H,23,25). The van der Waals surface area contributed by atoms with E-state index < -0.39 is 17.5 Å². The maximum Gasteiger partial charge on any atom is 0.253 e. The summed E-state index contributed by atoms with van der Waals surface area (Å²) in [5, 5.41) is 2.80. The Kier molecular flexibility index (Phi) is 5.66. The summed E-state index contributed by atoms with van der Waals surface area (Å²) in [6.07, 6.45) is 2.29. The molecule has 1 heterocycles. The minimum atomic E-state index is -1.09. The number of halogens is 3. The van der Waals surface area contributed by atoms with Gasteiger partial charge in [-0.1, -0.05) is 41.9 Å². The van der Waals surface area contributed by atoms with Gasteiger partial charge in [0.2, 0.25) is 0 Å². The molecule has 1 atom stereocenters. The maximum atomic E-state index is 13.5. The van der Waals surface area contributed by atoms with Crippen LogP contribution in [0.4, 0.5) is 8.78 Å². The minimum absolute atomic E-state index is 0.0667. The van der Waals surface area contributed by atoms with Crippen LogP contribution >= 0.6 is 11.6 Å². The average Bonchev–Trinajstić information content (AvgIpc) is 3.11.